The molecule has 28 heavy (non-hydrogen) atoms. The van der Waals surface area contributed by atoms with Crippen LogP contribution < -0.4 is 15.4 Å². The fraction of sp³-hybridized carbons (Fsp3) is 0.682. The summed E-state index contributed by atoms with van der Waals surface area (Å²) in [6, 6.07) is 8.80. The van der Waals surface area contributed by atoms with Crippen molar-refractivity contribution in [2.75, 3.05) is 53.9 Å². The zero-order valence-electron chi connectivity index (χ0n) is 18.6. The molecule has 0 bridgehead atoms. The quantitative estimate of drug-likeness (QED) is 0.502. The number of nitrogens with zero attached hydrogens (tertiary/aromatic N) is 3. The maximum absolute atomic E-state index is 5.33. The van der Waals surface area contributed by atoms with Gasteiger partial charge in [0.1, 0.15) is 5.75 Å². The number of ether oxygens (including phenoxy) is 1. The van der Waals surface area contributed by atoms with E-state index in [1.54, 1.807) is 7.11 Å². The highest BCUT2D eigenvalue weighted by atomic mass is 16.5. The van der Waals surface area contributed by atoms with Crippen LogP contribution >= 0.6 is 0 Å². The van der Waals surface area contributed by atoms with E-state index in [2.05, 4.69) is 79.6 Å². The second kappa shape index (κ2) is 10.7. The summed E-state index contributed by atoms with van der Waals surface area (Å²) in [7, 11) is 5.91. The topological polar surface area (TPSA) is 52.1 Å². The van der Waals surface area contributed by atoms with Crippen molar-refractivity contribution in [2.24, 2.45) is 4.99 Å². The maximum Gasteiger partial charge on any atom is 0.191 e. The van der Waals surface area contributed by atoms with Gasteiger partial charge in [-0.15, -0.1) is 0 Å². The predicted molar refractivity (Wildman–Crippen MR) is 118 cm³/mol. The van der Waals surface area contributed by atoms with Gasteiger partial charge in [-0.05, 0) is 78.5 Å². The number of guanidine groups is 1. The molecule has 1 heterocycles. The number of hydrogen-bond donors (Lipinski definition) is 2. The molecule has 1 saturated heterocycles. The first-order valence-corrected chi connectivity index (χ1v) is 10.4. The molecule has 0 aromatic heterocycles. The van der Waals surface area contributed by atoms with E-state index in [4.69, 9.17) is 9.73 Å². The summed E-state index contributed by atoms with van der Waals surface area (Å²) in [4.78, 5) is 9.62. The lowest BCUT2D eigenvalue weighted by molar-refractivity contribution is 0.204. The first kappa shape index (κ1) is 22.5. The number of aliphatic imine (C=N–C) groups is 1. The molecule has 0 saturated carbocycles. The van der Waals surface area contributed by atoms with Gasteiger partial charge in [0.05, 0.1) is 19.7 Å². The monoisotopic (exact) mass is 389 g/mol. The molecular formula is C22H39N5O. The van der Waals surface area contributed by atoms with Crippen molar-refractivity contribution in [3.05, 3.63) is 29.8 Å². The minimum Gasteiger partial charge on any atom is -0.497 e. The average molecular weight is 390 g/mol. The fourth-order valence-electron chi connectivity index (χ4n) is 3.29. The Kier molecular flexibility index (Phi) is 8.58. The van der Waals surface area contributed by atoms with Crippen LogP contribution in [-0.2, 0) is 0 Å². The molecule has 0 spiro atoms. The number of hydrogen-bond acceptors (Lipinski definition) is 4. The van der Waals surface area contributed by atoms with Crippen molar-refractivity contribution >= 4 is 5.96 Å². The van der Waals surface area contributed by atoms with Crippen molar-refractivity contribution < 1.29 is 4.74 Å². The molecule has 0 radical (unpaired) electrons. The number of nitrogens with one attached hydrogen (secondary N) is 2. The zero-order chi connectivity index (χ0) is 20.6. The molecule has 1 aliphatic heterocycles. The smallest absolute Gasteiger partial charge is 0.191 e. The first-order valence-electron chi connectivity index (χ1n) is 10.4. The van der Waals surface area contributed by atoms with Crippen LogP contribution in [0.1, 0.15) is 45.2 Å². The second-order valence-corrected chi connectivity index (χ2v) is 8.31. The average Bonchev–Trinajstić information content (AvgIpc) is 3.21. The molecule has 1 aliphatic rings. The van der Waals surface area contributed by atoms with Crippen LogP contribution in [0.4, 0.5) is 0 Å². The molecule has 6 nitrogen and oxygen atoms in total. The van der Waals surface area contributed by atoms with E-state index >= 15 is 0 Å². The van der Waals surface area contributed by atoms with Gasteiger partial charge in [0.15, 0.2) is 5.96 Å². The van der Waals surface area contributed by atoms with E-state index in [1.165, 1.54) is 18.4 Å². The summed E-state index contributed by atoms with van der Waals surface area (Å²) in [6.07, 6.45) is 2.55. The van der Waals surface area contributed by atoms with Gasteiger partial charge >= 0.3 is 0 Å². The van der Waals surface area contributed by atoms with Gasteiger partial charge in [0.25, 0.3) is 0 Å². The minimum absolute atomic E-state index is 0.0205. The third kappa shape index (κ3) is 6.38. The van der Waals surface area contributed by atoms with Crippen LogP contribution in [0.2, 0.25) is 0 Å². The highest BCUT2D eigenvalue weighted by Gasteiger charge is 2.24. The van der Waals surface area contributed by atoms with E-state index in [0.717, 1.165) is 44.4 Å². The third-order valence-electron chi connectivity index (χ3n) is 5.72. The van der Waals surface area contributed by atoms with E-state index < -0.39 is 0 Å². The van der Waals surface area contributed by atoms with Crippen LogP contribution in [0.5, 0.6) is 5.75 Å². The standard InChI is InChI=1S/C22H39N5O/c1-7-23-21(25-17-22(2,3)26(4)5)24-16-20(27-14-8-9-15-27)18-10-12-19(28-6)13-11-18/h10-13,20H,7-9,14-17H2,1-6H3,(H2,23,24,25). The number of benzene rings is 1. The number of likely N-dealkylation sites (tertiary alicyclic amines) is 1. The van der Waals surface area contributed by atoms with E-state index in [-0.39, 0.29) is 5.54 Å². The Balaban J connectivity index is 2.10. The third-order valence-corrected chi connectivity index (χ3v) is 5.72. The SMILES string of the molecule is CCNC(=NCC(C)(C)N(C)C)NCC(c1ccc(OC)cc1)N1CCCC1. The number of rotatable bonds is 9. The highest BCUT2D eigenvalue weighted by Crippen LogP contribution is 2.26. The lowest BCUT2D eigenvalue weighted by Gasteiger charge is -2.31. The number of methoxy groups -OCH3 is 1. The van der Waals surface area contributed by atoms with Crippen LogP contribution in [0.15, 0.2) is 29.3 Å². The molecule has 0 aliphatic carbocycles. The molecule has 1 atom stereocenters. The lowest BCUT2D eigenvalue weighted by Crippen LogP contribution is -2.45. The molecule has 0 amide bonds. The Morgan fingerprint density at radius 3 is 2.36 bits per heavy atom. The van der Waals surface area contributed by atoms with Crippen molar-refractivity contribution in [1.82, 2.24) is 20.4 Å². The summed E-state index contributed by atoms with van der Waals surface area (Å²) >= 11 is 0. The Morgan fingerprint density at radius 2 is 1.82 bits per heavy atom. The molecule has 1 fully saturated rings. The second-order valence-electron chi connectivity index (χ2n) is 8.31. The molecule has 6 heteroatoms. The lowest BCUT2D eigenvalue weighted by atomic mass is 10.0. The summed E-state index contributed by atoms with van der Waals surface area (Å²) in [5.74, 6) is 1.79. The van der Waals surface area contributed by atoms with E-state index in [9.17, 15) is 0 Å². The van der Waals surface area contributed by atoms with Crippen molar-refractivity contribution in [1.29, 1.82) is 0 Å². The van der Waals surface area contributed by atoms with Crippen LogP contribution in [0.25, 0.3) is 0 Å². The summed E-state index contributed by atoms with van der Waals surface area (Å²) < 4.78 is 5.33. The largest absolute Gasteiger partial charge is 0.497 e. The highest BCUT2D eigenvalue weighted by molar-refractivity contribution is 5.79. The number of likely N-dealkylation sites (N-methyl/N-ethyl adjacent to an activating group) is 1. The van der Waals surface area contributed by atoms with E-state index in [1.807, 2.05) is 0 Å². The fourth-order valence-corrected chi connectivity index (χ4v) is 3.29. The van der Waals surface area contributed by atoms with Gasteiger partial charge < -0.3 is 20.3 Å². The summed E-state index contributed by atoms with van der Waals surface area (Å²) in [6.45, 7) is 11.3. The van der Waals surface area contributed by atoms with Crippen LogP contribution in [0.3, 0.4) is 0 Å². The molecule has 2 N–H and O–H groups in total. The van der Waals surface area contributed by atoms with Crippen LogP contribution in [-0.4, -0.2) is 75.2 Å². The molecule has 158 valence electrons. The Bertz CT molecular complexity index is 606. The Morgan fingerprint density at radius 1 is 1.18 bits per heavy atom. The van der Waals surface area contributed by atoms with Gasteiger partial charge in [-0.3, -0.25) is 9.89 Å². The molecule has 1 aromatic carbocycles. The normalized spacial score (nSPS) is 17.0. The van der Waals surface area contributed by atoms with Crippen molar-refractivity contribution in [3.63, 3.8) is 0 Å². The first-order chi connectivity index (χ1) is 13.4. The van der Waals surface area contributed by atoms with Gasteiger partial charge in [-0.2, -0.15) is 0 Å². The zero-order valence-corrected chi connectivity index (χ0v) is 18.6. The van der Waals surface area contributed by atoms with Crippen molar-refractivity contribution in [3.8, 4) is 5.75 Å². The van der Waals surface area contributed by atoms with Crippen LogP contribution in [0, 0.1) is 0 Å². The minimum atomic E-state index is 0.0205. The van der Waals surface area contributed by atoms with Crippen molar-refractivity contribution in [2.45, 2.75) is 45.2 Å². The molecule has 2 rings (SSSR count). The summed E-state index contributed by atoms with van der Waals surface area (Å²) in [5, 5.41) is 6.98. The molecule has 1 unspecified atom stereocenters. The van der Waals surface area contributed by atoms with Gasteiger partial charge in [0, 0.05) is 18.6 Å². The maximum atomic E-state index is 5.33. The van der Waals surface area contributed by atoms with E-state index in [0.29, 0.717) is 6.04 Å². The Hall–Kier alpha value is -1.79. The molecule has 1 aromatic rings. The van der Waals surface area contributed by atoms with Gasteiger partial charge in [-0.25, -0.2) is 0 Å². The van der Waals surface area contributed by atoms with Gasteiger partial charge in [-0.1, -0.05) is 12.1 Å². The predicted octanol–water partition coefficient (Wildman–Crippen LogP) is 2.73. The summed E-state index contributed by atoms with van der Waals surface area (Å²) in [5.41, 5.74) is 1.34. The Labute approximate surface area is 171 Å². The van der Waals surface area contributed by atoms with Gasteiger partial charge in [0.2, 0.25) is 0 Å². The molecular weight excluding hydrogens is 350 g/mol.